The Balaban J connectivity index is 1.07. The van der Waals surface area contributed by atoms with Crippen LogP contribution in [0, 0.1) is 0 Å². The average molecular weight is 744 g/mol. The van der Waals surface area contributed by atoms with Gasteiger partial charge in [0, 0.05) is 55.7 Å². The van der Waals surface area contributed by atoms with Crippen LogP contribution in [0.5, 0.6) is 0 Å². The van der Waals surface area contributed by atoms with Gasteiger partial charge in [0.2, 0.25) is 0 Å². The molecule has 1 aliphatic rings. The number of hydrogen-bond acceptors (Lipinski definition) is 3. The molecule has 2 heterocycles. The van der Waals surface area contributed by atoms with Crippen LogP contribution < -0.4 is 4.90 Å². The minimum absolute atomic E-state index is 0.129. The zero-order valence-corrected chi connectivity index (χ0v) is 32.2. The van der Waals surface area contributed by atoms with E-state index >= 15 is 0 Å². The van der Waals surface area contributed by atoms with E-state index in [4.69, 9.17) is 8.83 Å². The standard InChI is InChI=1S/C55H37NO2/c1-55(2)47-18-10-8-16-42(47)43-28-26-40(31-48(43)55)56(39-25-24-35-14-6-7-15-38(35)30-39)41-27-29-44-46-33-51-53(45-17-9-11-19-49(45)57-51)52(54(46)58-50(44)32-41)37-22-20-36(21-23-37)34-12-4-3-5-13-34/h3-33H,1-2H3. The zero-order chi connectivity index (χ0) is 38.5. The lowest BCUT2D eigenvalue weighted by Gasteiger charge is -2.28. The summed E-state index contributed by atoms with van der Waals surface area (Å²) >= 11 is 0. The molecule has 9 aromatic carbocycles. The second kappa shape index (κ2) is 12.3. The van der Waals surface area contributed by atoms with E-state index in [1.807, 2.05) is 12.1 Å². The maximum Gasteiger partial charge on any atom is 0.144 e. The fourth-order valence-corrected chi connectivity index (χ4v) is 9.57. The van der Waals surface area contributed by atoms with Gasteiger partial charge in [-0.25, -0.2) is 0 Å². The van der Waals surface area contributed by atoms with Gasteiger partial charge in [0.25, 0.3) is 0 Å². The fourth-order valence-electron chi connectivity index (χ4n) is 9.57. The molecular weight excluding hydrogens is 707 g/mol. The van der Waals surface area contributed by atoms with Crippen molar-refractivity contribution in [3.63, 3.8) is 0 Å². The largest absolute Gasteiger partial charge is 0.456 e. The third-order valence-electron chi connectivity index (χ3n) is 12.4. The summed E-state index contributed by atoms with van der Waals surface area (Å²) in [5, 5.41) is 6.63. The Morgan fingerprint density at radius 2 is 1.05 bits per heavy atom. The summed E-state index contributed by atoms with van der Waals surface area (Å²) in [6, 6.07) is 67.6. The van der Waals surface area contributed by atoms with E-state index in [-0.39, 0.29) is 5.41 Å². The molecule has 2 aromatic heterocycles. The van der Waals surface area contributed by atoms with E-state index in [9.17, 15) is 0 Å². The molecule has 0 saturated carbocycles. The molecule has 1 aliphatic carbocycles. The maximum absolute atomic E-state index is 7.09. The van der Waals surface area contributed by atoms with Gasteiger partial charge in [0.05, 0.1) is 0 Å². The van der Waals surface area contributed by atoms with Gasteiger partial charge in [-0.3, -0.25) is 0 Å². The molecule has 0 unspecified atom stereocenters. The summed E-state index contributed by atoms with van der Waals surface area (Å²) in [4.78, 5) is 2.38. The number of fused-ring (bicyclic) bond motifs is 10. The topological polar surface area (TPSA) is 29.5 Å². The second-order valence-corrected chi connectivity index (χ2v) is 16.1. The summed E-state index contributed by atoms with van der Waals surface area (Å²) < 4.78 is 13.7. The highest BCUT2D eigenvalue weighted by Crippen LogP contribution is 2.51. The van der Waals surface area contributed by atoms with E-state index in [1.165, 1.54) is 44.2 Å². The van der Waals surface area contributed by atoms with Crippen LogP contribution in [0.15, 0.2) is 197 Å². The van der Waals surface area contributed by atoms with Crippen molar-refractivity contribution in [3.05, 3.63) is 199 Å². The van der Waals surface area contributed by atoms with Crippen LogP contribution in [0.3, 0.4) is 0 Å². The van der Waals surface area contributed by atoms with Gasteiger partial charge in [0.15, 0.2) is 0 Å². The first-order chi connectivity index (χ1) is 28.5. The highest BCUT2D eigenvalue weighted by Gasteiger charge is 2.36. The number of nitrogens with zero attached hydrogens (tertiary/aromatic N) is 1. The van der Waals surface area contributed by atoms with Crippen LogP contribution >= 0.6 is 0 Å². The highest BCUT2D eigenvalue weighted by atomic mass is 16.3. The second-order valence-electron chi connectivity index (χ2n) is 16.1. The molecule has 0 radical (unpaired) electrons. The number of benzene rings is 9. The van der Waals surface area contributed by atoms with Crippen LogP contribution in [0.4, 0.5) is 17.1 Å². The first-order valence-electron chi connectivity index (χ1n) is 20.0. The van der Waals surface area contributed by atoms with Crippen molar-refractivity contribution in [2.75, 3.05) is 4.90 Å². The Morgan fingerprint density at radius 1 is 0.397 bits per heavy atom. The summed E-state index contributed by atoms with van der Waals surface area (Å²) in [7, 11) is 0. The molecule has 0 fully saturated rings. The lowest BCUT2D eigenvalue weighted by atomic mass is 9.82. The van der Waals surface area contributed by atoms with E-state index in [1.54, 1.807) is 0 Å². The Kier molecular flexibility index (Phi) is 6.98. The third kappa shape index (κ3) is 4.86. The molecule has 58 heavy (non-hydrogen) atoms. The van der Waals surface area contributed by atoms with Gasteiger partial charge in [-0.15, -0.1) is 0 Å². The quantitative estimate of drug-likeness (QED) is 0.176. The Morgan fingerprint density at radius 3 is 1.93 bits per heavy atom. The molecule has 3 nitrogen and oxygen atoms in total. The predicted molar refractivity (Wildman–Crippen MR) is 242 cm³/mol. The van der Waals surface area contributed by atoms with E-state index in [0.29, 0.717) is 0 Å². The number of para-hydroxylation sites is 1. The van der Waals surface area contributed by atoms with Crippen molar-refractivity contribution >= 4 is 71.7 Å². The molecule has 12 rings (SSSR count). The first kappa shape index (κ1) is 32.8. The normalized spacial score (nSPS) is 13.1. The molecule has 0 spiro atoms. The van der Waals surface area contributed by atoms with Crippen molar-refractivity contribution in [1.82, 2.24) is 0 Å². The first-order valence-corrected chi connectivity index (χ1v) is 20.0. The van der Waals surface area contributed by atoms with Gasteiger partial charge >= 0.3 is 0 Å². The Labute approximate surface area is 336 Å². The van der Waals surface area contributed by atoms with Crippen molar-refractivity contribution in [2.24, 2.45) is 0 Å². The van der Waals surface area contributed by atoms with Crippen molar-refractivity contribution in [2.45, 2.75) is 19.3 Å². The minimum Gasteiger partial charge on any atom is -0.456 e. The summed E-state index contributed by atoms with van der Waals surface area (Å²) in [6.07, 6.45) is 0. The van der Waals surface area contributed by atoms with Crippen LogP contribution in [-0.4, -0.2) is 0 Å². The van der Waals surface area contributed by atoms with Crippen LogP contribution in [0.25, 0.3) is 88.0 Å². The maximum atomic E-state index is 7.09. The Bertz CT molecular complexity index is 3420. The smallest absolute Gasteiger partial charge is 0.144 e. The van der Waals surface area contributed by atoms with Gasteiger partial charge in [-0.2, -0.15) is 0 Å². The highest BCUT2D eigenvalue weighted by molar-refractivity contribution is 6.23. The Hall–Kier alpha value is -7.36. The van der Waals surface area contributed by atoms with Crippen LogP contribution in [0.2, 0.25) is 0 Å². The number of anilines is 3. The lowest BCUT2D eigenvalue weighted by Crippen LogP contribution is -2.16. The van der Waals surface area contributed by atoms with Gasteiger partial charge in [-0.1, -0.05) is 147 Å². The van der Waals surface area contributed by atoms with Crippen molar-refractivity contribution in [3.8, 4) is 33.4 Å². The molecular formula is C55H37NO2. The van der Waals surface area contributed by atoms with Gasteiger partial charge in [0.1, 0.15) is 22.3 Å². The summed E-state index contributed by atoms with van der Waals surface area (Å²) in [6.45, 7) is 4.68. The molecule has 0 saturated heterocycles. The lowest BCUT2D eigenvalue weighted by molar-refractivity contribution is 0.660. The summed E-state index contributed by atoms with van der Waals surface area (Å²) in [5.74, 6) is 0. The zero-order valence-electron chi connectivity index (χ0n) is 32.2. The molecule has 274 valence electrons. The van der Waals surface area contributed by atoms with Gasteiger partial charge in [-0.05, 0) is 98.2 Å². The SMILES string of the molecule is CC1(C)c2ccccc2-c2ccc(N(c3ccc4ccccc4c3)c3ccc4c(c3)oc3c(-c5ccc(-c6ccccc6)cc5)c5c(cc34)oc3ccccc35)cc21. The molecule has 0 bridgehead atoms. The molecule has 3 heteroatoms. The van der Waals surface area contributed by atoms with E-state index in [0.717, 1.165) is 72.1 Å². The minimum atomic E-state index is -0.129. The van der Waals surface area contributed by atoms with E-state index < -0.39 is 0 Å². The van der Waals surface area contributed by atoms with E-state index in [2.05, 4.69) is 195 Å². The number of rotatable bonds is 5. The molecule has 0 amide bonds. The predicted octanol–water partition coefficient (Wildman–Crippen LogP) is 15.7. The van der Waals surface area contributed by atoms with Gasteiger partial charge < -0.3 is 13.7 Å². The molecule has 0 N–H and O–H groups in total. The molecule has 11 aromatic rings. The third-order valence-corrected chi connectivity index (χ3v) is 12.4. The fraction of sp³-hybridized carbons (Fsp3) is 0.0545. The van der Waals surface area contributed by atoms with Crippen molar-refractivity contribution in [1.29, 1.82) is 0 Å². The molecule has 0 atom stereocenters. The average Bonchev–Trinajstić information content (AvgIpc) is 3.90. The molecule has 0 aliphatic heterocycles. The van der Waals surface area contributed by atoms with Crippen LogP contribution in [0.1, 0.15) is 25.0 Å². The number of furan rings is 2. The monoisotopic (exact) mass is 743 g/mol. The van der Waals surface area contributed by atoms with Crippen molar-refractivity contribution < 1.29 is 8.83 Å². The number of hydrogen-bond donors (Lipinski definition) is 0. The van der Waals surface area contributed by atoms with Crippen LogP contribution in [-0.2, 0) is 5.41 Å². The summed E-state index contributed by atoms with van der Waals surface area (Å²) in [5.41, 5.74) is 16.3.